The van der Waals surface area contributed by atoms with Crippen LogP contribution in [0.25, 0.3) is 0 Å². The van der Waals surface area contributed by atoms with Gasteiger partial charge in [-0.1, -0.05) is 29.8 Å². The molecule has 0 spiro atoms. The van der Waals surface area contributed by atoms with Crippen molar-refractivity contribution in [2.75, 3.05) is 13.3 Å². The van der Waals surface area contributed by atoms with Crippen LogP contribution in [-0.4, -0.2) is 32.0 Å². The van der Waals surface area contributed by atoms with Crippen molar-refractivity contribution in [2.24, 2.45) is 0 Å². The normalized spacial score (nSPS) is 12.7. The van der Waals surface area contributed by atoms with E-state index in [1.165, 1.54) is 48.5 Å². The minimum Gasteiger partial charge on any atom is -0.454 e. The van der Waals surface area contributed by atoms with Crippen molar-refractivity contribution >= 4 is 27.5 Å². The zero-order chi connectivity index (χ0) is 23.4. The fourth-order valence-electron chi connectivity index (χ4n) is 3.24. The number of amides is 1. The van der Waals surface area contributed by atoms with Crippen molar-refractivity contribution < 1.29 is 27.1 Å². The number of rotatable bonds is 8. The Morgan fingerprint density at radius 1 is 0.970 bits per heavy atom. The Hall–Kier alpha value is -3.14. The predicted octanol–water partition coefficient (Wildman–Crippen LogP) is 3.72. The summed E-state index contributed by atoms with van der Waals surface area (Å²) in [7, 11) is -4.03. The first-order valence-electron chi connectivity index (χ1n) is 9.97. The maximum Gasteiger partial charge on any atom is 0.243 e. The van der Waals surface area contributed by atoms with Crippen LogP contribution >= 0.6 is 11.6 Å². The number of hydrogen-bond donors (Lipinski definition) is 1. The SMILES string of the molecule is O=C(CN(Cc1ccc(F)cc1)S(=O)(=O)c1ccc(Cl)cc1)NCc1ccc2c(c1)OCO2. The number of nitrogens with one attached hydrogen (secondary N) is 1. The van der Waals surface area contributed by atoms with E-state index in [4.69, 9.17) is 21.1 Å². The van der Waals surface area contributed by atoms with E-state index in [1.807, 2.05) is 0 Å². The molecule has 7 nitrogen and oxygen atoms in total. The molecule has 33 heavy (non-hydrogen) atoms. The molecular formula is C23H20ClFN2O5S. The molecule has 0 saturated carbocycles. The molecule has 1 heterocycles. The molecule has 0 saturated heterocycles. The Balaban J connectivity index is 1.50. The third-order valence-corrected chi connectivity index (χ3v) is 7.03. The van der Waals surface area contributed by atoms with E-state index in [-0.39, 0.29) is 24.8 Å². The molecule has 10 heteroatoms. The molecule has 0 radical (unpaired) electrons. The van der Waals surface area contributed by atoms with Crippen LogP contribution in [0.2, 0.25) is 5.02 Å². The highest BCUT2D eigenvalue weighted by Gasteiger charge is 2.27. The van der Waals surface area contributed by atoms with Gasteiger partial charge in [-0.2, -0.15) is 4.31 Å². The van der Waals surface area contributed by atoms with E-state index in [1.54, 1.807) is 18.2 Å². The quantitative estimate of drug-likeness (QED) is 0.520. The van der Waals surface area contributed by atoms with Gasteiger partial charge in [0.1, 0.15) is 5.82 Å². The fourth-order valence-corrected chi connectivity index (χ4v) is 4.75. The van der Waals surface area contributed by atoms with Gasteiger partial charge in [0.25, 0.3) is 0 Å². The maximum absolute atomic E-state index is 13.3. The monoisotopic (exact) mass is 490 g/mol. The van der Waals surface area contributed by atoms with Gasteiger partial charge in [0.15, 0.2) is 11.5 Å². The summed E-state index contributed by atoms with van der Waals surface area (Å²) in [5, 5.41) is 3.12. The Kier molecular flexibility index (Phi) is 6.83. The van der Waals surface area contributed by atoms with E-state index in [0.29, 0.717) is 22.1 Å². The van der Waals surface area contributed by atoms with Crippen molar-refractivity contribution in [1.29, 1.82) is 0 Å². The predicted molar refractivity (Wildman–Crippen MR) is 120 cm³/mol. The fraction of sp³-hybridized carbons (Fsp3) is 0.174. The minimum absolute atomic E-state index is 0.00224. The number of ether oxygens (including phenoxy) is 2. The van der Waals surface area contributed by atoms with Crippen molar-refractivity contribution in [3.05, 3.63) is 88.7 Å². The van der Waals surface area contributed by atoms with Gasteiger partial charge in [0.2, 0.25) is 22.7 Å². The van der Waals surface area contributed by atoms with E-state index in [9.17, 15) is 17.6 Å². The Bertz CT molecular complexity index is 1250. The van der Waals surface area contributed by atoms with Gasteiger partial charge in [-0.3, -0.25) is 4.79 Å². The van der Waals surface area contributed by atoms with Crippen molar-refractivity contribution in [3.8, 4) is 11.5 Å². The highest BCUT2D eigenvalue weighted by atomic mass is 35.5. The van der Waals surface area contributed by atoms with Gasteiger partial charge in [-0.15, -0.1) is 0 Å². The van der Waals surface area contributed by atoms with E-state index >= 15 is 0 Å². The smallest absolute Gasteiger partial charge is 0.243 e. The van der Waals surface area contributed by atoms with Gasteiger partial charge in [0, 0.05) is 18.1 Å². The van der Waals surface area contributed by atoms with Crippen LogP contribution in [0, 0.1) is 5.82 Å². The molecule has 1 N–H and O–H groups in total. The lowest BCUT2D eigenvalue weighted by atomic mass is 10.2. The third-order valence-electron chi connectivity index (χ3n) is 4.97. The largest absolute Gasteiger partial charge is 0.454 e. The Morgan fingerprint density at radius 2 is 1.64 bits per heavy atom. The molecule has 1 amide bonds. The van der Waals surface area contributed by atoms with Crippen LogP contribution in [0.15, 0.2) is 71.6 Å². The first-order chi connectivity index (χ1) is 15.8. The molecular weight excluding hydrogens is 471 g/mol. The van der Waals surface area contributed by atoms with E-state index in [2.05, 4.69) is 5.32 Å². The first-order valence-corrected chi connectivity index (χ1v) is 11.8. The average Bonchev–Trinajstić information content (AvgIpc) is 3.27. The number of hydrogen-bond acceptors (Lipinski definition) is 5. The number of carbonyl (C=O) groups is 1. The summed E-state index contributed by atoms with van der Waals surface area (Å²) >= 11 is 5.88. The molecule has 1 aliphatic rings. The molecule has 0 unspecified atom stereocenters. The van der Waals surface area contributed by atoms with Gasteiger partial charge >= 0.3 is 0 Å². The average molecular weight is 491 g/mol. The maximum atomic E-state index is 13.3. The third kappa shape index (κ3) is 5.62. The molecule has 172 valence electrons. The van der Waals surface area contributed by atoms with E-state index in [0.717, 1.165) is 9.87 Å². The lowest BCUT2D eigenvalue weighted by Crippen LogP contribution is -2.40. The second-order valence-electron chi connectivity index (χ2n) is 7.32. The molecule has 1 aliphatic heterocycles. The molecule has 0 aromatic heterocycles. The molecule has 0 fully saturated rings. The van der Waals surface area contributed by atoms with Crippen LogP contribution < -0.4 is 14.8 Å². The molecule has 0 atom stereocenters. The first kappa shape index (κ1) is 23.0. The summed E-state index contributed by atoms with van der Waals surface area (Å²) in [5.41, 5.74) is 1.32. The lowest BCUT2D eigenvalue weighted by molar-refractivity contribution is -0.121. The van der Waals surface area contributed by atoms with E-state index < -0.39 is 28.3 Å². The van der Waals surface area contributed by atoms with Gasteiger partial charge in [0.05, 0.1) is 11.4 Å². The standard InChI is InChI=1S/C23H20ClFN2O5S/c24-18-4-8-20(9-5-18)33(29,30)27(13-16-1-6-19(25)7-2-16)14-23(28)26-12-17-3-10-21-22(11-17)32-15-31-21/h1-11H,12-15H2,(H,26,28). The van der Waals surface area contributed by atoms with Crippen LogP contribution in [0.3, 0.4) is 0 Å². The summed E-state index contributed by atoms with van der Waals surface area (Å²) in [6.45, 7) is -0.206. The molecule has 0 aliphatic carbocycles. The lowest BCUT2D eigenvalue weighted by Gasteiger charge is -2.22. The van der Waals surface area contributed by atoms with Crippen molar-refractivity contribution in [3.63, 3.8) is 0 Å². The van der Waals surface area contributed by atoms with Gasteiger partial charge in [-0.25, -0.2) is 12.8 Å². The zero-order valence-corrected chi connectivity index (χ0v) is 18.9. The summed E-state index contributed by atoms with van der Waals surface area (Å²) in [6.07, 6.45) is 0. The topological polar surface area (TPSA) is 84.9 Å². The van der Waals surface area contributed by atoms with Crippen LogP contribution in [-0.2, 0) is 27.9 Å². The number of fused-ring (bicyclic) bond motifs is 1. The number of sulfonamides is 1. The second-order valence-corrected chi connectivity index (χ2v) is 9.69. The zero-order valence-electron chi connectivity index (χ0n) is 17.3. The molecule has 0 bridgehead atoms. The number of nitrogens with zero attached hydrogens (tertiary/aromatic N) is 1. The highest BCUT2D eigenvalue weighted by molar-refractivity contribution is 7.89. The van der Waals surface area contributed by atoms with Crippen LogP contribution in [0.4, 0.5) is 4.39 Å². The summed E-state index contributed by atoms with van der Waals surface area (Å²) in [6, 6.07) is 16.4. The molecule has 3 aromatic carbocycles. The number of benzene rings is 3. The summed E-state index contributed by atoms with van der Waals surface area (Å²) in [4.78, 5) is 12.7. The highest BCUT2D eigenvalue weighted by Crippen LogP contribution is 2.32. The number of carbonyl (C=O) groups excluding carboxylic acids is 1. The Morgan fingerprint density at radius 3 is 2.36 bits per heavy atom. The van der Waals surface area contributed by atoms with Gasteiger partial charge in [-0.05, 0) is 59.7 Å². The summed E-state index contributed by atoms with van der Waals surface area (Å²) < 4.78 is 51.4. The molecule has 3 aromatic rings. The summed E-state index contributed by atoms with van der Waals surface area (Å²) in [5.74, 6) is 0.286. The Labute approximate surface area is 195 Å². The van der Waals surface area contributed by atoms with Crippen molar-refractivity contribution in [2.45, 2.75) is 18.0 Å². The number of halogens is 2. The van der Waals surface area contributed by atoms with Gasteiger partial charge < -0.3 is 14.8 Å². The minimum atomic E-state index is -4.03. The van der Waals surface area contributed by atoms with Crippen molar-refractivity contribution in [1.82, 2.24) is 9.62 Å². The van der Waals surface area contributed by atoms with Crippen LogP contribution in [0.5, 0.6) is 11.5 Å². The van der Waals surface area contributed by atoms with Crippen LogP contribution in [0.1, 0.15) is 11.1 Å². The second kappa shape index (κ2) is 9.78. The molecule has 4 rings (SSSR count).